The number of rotatable bonds is 4. The van der Waals surface area contributed by atoms with Gasteiger partial charge in [-0.25, -0.2) is 0 Å². The van der Waals surface area contributed by atoms with Gasteiger partial charge in [0.15, 0.2) is 0 Å². The molecule has 2 amide bonds. The molecule has 1 N–H and O–H groups in total. The number of piperidine rings is 1. The Morgan fingerprint density at radius 2 is 1.53 bits per heavy atom. The lowest BCUT2D eigenvalue weighted by Crippen LogP contribution is -2.46. The fourth-order valence-electron chi connectivity index (χ4n) is 5.27. The van der Waals surface area contributed by atoms with Gasteiger partial charge in [0.1, 0.15) is 0 Å². The summed E-state index contributed by atoms with van der Waals surface area (Å²) in [6, 6.07) is 22.0. The van der Waals surface area contributed by atoms with E-state index in [-0.39, 0.29) is 29.2 Å². The quantitative estimate of drug-likeness (QED) is 0.430. The van der Waals surface area contributed by atoms with Gasteiger partial charge in [-0.1, -0.05) is 80.9 Å². The summed E-state index contributed by atoms with van der Waals surface area (Å²) in [5.74, 6) is -0.373. The molecular formula is C32H38N2O2. The summed E-state index contributed by atoms with van der Waals surface area (Å²) >= 11 is 0. The summed E-state index contributed by atoms with van der Waals surface area (Å²) in [6.07, 6.45) is 1.53. The molecule has 4 heteroatoms. The predicted octanol–water partition coefficient (Wildman–Crippen LogP) is 7.14. The highest BCUT2D eigenvalue weighted by atomic mass is 16.2. The number of carbonyl (C=O) groups is 2. The van der Waals surface area contributed by atoms with Crippen LogP contribution in [0.25, 0.3) is 0 Å². The molecule has 1 saturated heterocycles. The Morgan fingerprint density at radius 3 is 2.17 bits per heavy atom. The van der Waals surface area contributed by atoms with Crippen LogP contribution in [0.4, 0.5) is 5.69 Å². The highest BCUT2D eigenvalue weighted by molar-refractivity contribution is 5.99. The summed E-state index contributed by atoms with van der Waals surface area (Å²) in [7, 11) is 0. The number of nitrogens with one attached hydrogen (secondary N) is 1. The topological polar surface area (TPSA) is 49.4 Å². The number of nitrogens with zero attached hydrogens (tertiary/aromatic N) is 1. The van der Waals surface area contributed by atoms with Crippen molar-refractivity contribution in [1.29, 1.82) is 0 Å². The first-order valence-corrected chi connectivity index (χ1v) is 12.9. The summed E-state index contributed by atoms with van der Waals surface area (Å²) in [5.41, 5.74) is 6.80. The molecule has 1 fully saturated rings. The molecule has 36 heavy (non-hydrogen) atoms. The molecule has 0 spiro atoms. The van der Waals surface area contributed by atoms with Crippen molar-refractivity contribution in [1.82, 2.24) is 4.90 Å². The normalized spacial score (nSPS) is 18.1. The molecule has 2 atom stereocenters. The van der Waals surface area contributed by atoms with E-state index in [1.165, 1.54) is 5.56 Å². The third-order valence-corrected chi connectivity index (χ3v) is 7.34. The van der Waals surface area contributed by atoms with Crippen LogP contribution in [0.15, 0.2) is 66.7 Å². The van der Waals surface area contributed by atoms with Gasteiger partial charge in [0, 0.05) is 17.8 Å². The predicted molar refractivity (Wildman–Crippen MR) is 147 cm³/mol. The van der Waals surface area contributed by atoms with Crippen molar-refractivity contribution < 1.29 is 9.59 Å². The molecule has 1 heterocycles. The number of likely N-dealkylation sites (tertiary alicyclic amines) is 1. The van der Waals surface area contributed by atoms with Gasteiger partial charge in [0.25, 0.3) is 5.91 Å². The lowest BCUT2D eigenvalue weighted by Gasteiger charge is -2.41. The van der Waals surface area contributed by atoms with Gasteiger partial charge in [-0.15, -0.1) is 0 Å². The molecule has 188 valence electrons. The van der Waals surface area contributed by atoms with Crippen LogP contribution in [0, 0.1) is 26.7 Å². The second-order valence-electron chi connectivity index (χ2n) is 11.2. The maximum Gasteiger partial charge on any atom is 0.254 e. The average molecular weight is 483 g/mol. The van der Waals surface area contributed by atoms with Gasteiger partial charge in [0.05, 0.1) is 12.0 Å². The van der Waals surface area contributed by atoms with Gasteiger partial charge >= 0.3 is 0 Å². The first kappa shape index (κ1) is 25.7. The fraction of sp³-hybridized carbons (Fsp3) is 0.375. The van der Waals surface area contributed by atoms with Gasteiger partial charge < -0.3 is 10.2 Å². The van der Waals surface area contributed by atoms with E-state index in [9.17, 15) is 9.59 Å². The number of hydrogen-bond acceptors (Lipinski definition) is 2. The Labute approximate surface area is 215 Å². The average Bonchev–Trinajstić information content (AvgIpc) is 2.83. The number of benzene rings is 3. The minimum absolute atomic E-state index is 0.00315. The van der Waals surface area contributed by atoms with Gasteiger partial charge in [-0.05, 0) is 73.4 Å². The van der Waals surface area contributed by atoms with Crippen molar-refractivity contribution in [3.63, 3.8) is 0 Å². The summed E-state index contributed by atoms with van der Waals surface area (Å²) in [5, 5.41) is 3.18. The van der Waals surface area contributed by atoms with Crippen LogP contribution in [0.2, 0.25) is 0 Å². The van der Waals surface area contributed by atoms with Gasteiger partial charge in [-0.3, -0.25) is 9.59 Å². The van der Waals surface area contributed by atoms with Crippen LogP contribution in [0.5, 0.6) is 0 Å². The Bertz CT molecular complexity index is 1230. The van der Waals surface area contributed by atoms with E-state index >= 15 is 0 Å². The number of anilines is 1. The Morgan fingerprint density at radius 1 is 0.889 bits per heavy atom. The smallest absolute Gasteiger partial charge is 0.254 e. The molecule has 0 bridgehead atoms. The molecule has 1 aliphatic rings. The van der Waals surface area contributed by atoms with E-state index in [0.717, 1.165) is 46.3 Å². The van der Waals surface area contributed by atoms with Crippen LogP contribution < -0.4 is 5.32 Å². The van der Waals surface area contributed by atoms with Gasteiger partial charge in [-0.2, -0.15) is 0 Å². The standard InChI is InChI=1S/C32H38N2O2/c1-21-15-17-24(18-16-21)29-27(30(35)33-26-13-8-12-25(20-26)32(4,5)6)14-9-19-34(29)31(36)28-22(2)10-7-11-23(28)3/h7-8,10-13,15-18,20,27,29H,9,14,19H2,1-6H3,(H,33,35)/t27?,29-/m0/s1. The molecule has 4 nitrogen and oxygen atoms in total. The Balaban J connectivity index is 1.70. The third-order valence-electron chi connectivity index (χ3n) is 7.34. The van der Waals surface area contributed by atoms with Crippen molar-refractivity contribution in [2.24, 2.45) is 5.92 Å². The molecule has 0 radical (unpaired) electrons. The summed E-state index contributed by atoms with van der Waals surface area (Å²) in [4.78, 5) is 29.7. The Hall–Kier alpha value is -3.40. The zero-order chi connectivity index (χ0) is 26.0. The first-order chi connectivity index (χ1) is 17.1. The number of amides is 2. The van der Waals surface area contributed by atoms with Crippen molar-refractivity contribution in [2.75, 3.05) is 11.9 Å². The van der Waals surface area contributed by atoms with Crippen molar-refractivity contribution in [3.05, 3.63) is 100 Å². The van der Waals surface area contributed by atoms with E-state index in [2.05, 4.69) is 69.4 Å². The van der Waals surface area contributed by atoms with E-state index in [4.69, 9.17) is 0 Å². The zero-order valence-corrected chi connectivity index (χ0v) is 22.4. The Kier molecular flexibility index (Phi) is 7.35. The van der Waals surface area contributed by atoms with Gasteiger partial charge in [0.2, 0.25) is 5.91 Å². The molecule has 3 aromatic rings. The first-order valence-electron chi connectivity index (χ1n) is 12.9. The maximum atomic E-state index is 14.0. The second-order valence-corrected chi connectivity index (χ2v) is 11.2. The molecule has 1 unspecified atom stereocenters. The monoisotopic (exact) mass is 482 g/mol. The van der Waals surface area contributed by atoms with E-state index < -0.39 is 0 Å². The lowest BCUT2D eigenvalue weighted by molar-refractivity contribution is -0.123. The molecule has 3 aromatic carbocycles. The van der Waals surface area contributed by atoms with Crippen molar-refractivity contribution in [2.45, 2.75) is 65.8 Å². The third kappa shape index (κ3) is 5.38. The molecule has 0 saturated carbocycles. The zero-order valence-electron chi connectivity index (χ0n) is 22.4. The number of hydrogen-bond donors (Lipinski definition) is 1. The molecule has 0 aliphatic carbocycles. The summed E-state index contributed by atoms with van der Waals surface area (Å²) < 4.78 is 0. The lowest BCUT2D eigenvalue weighted by atomic mass is 9.82. The van der Waals surface area contributed by atoms with Crippen LogP contribution in [-0.4, -0.2) is 23.3 Å². The molecule has 0 aromatic heterocycles. The minimum atomic E-state index is -0.340. The number of carbonyl (C=O) groups excluding carboxylic acids is 2. The van der Waals surface area contributed by atoms with Crippen LogP contribution in [0.3, 0.4) is 0 Å². The van der Waals surface area contributed by atoms with Crippen molar-refractivity contribution in [3.8, 4) is 0 Å². The molecule has 1 aliphatic heterocycles. The molecular weight excluding hydrogens is 444 g/mol. The van der Waals surface area contributed by atoms with E-state index in [0.29, 0.717) is 6.54 Å². The highest BCUT2D eigenvalue weighted by Gasteiger charge is 2.40. The van der Waals surface area contributed by atoms with Crippen LogP contribution in [-0.2, 0) is 10.2 Å². The minimum Gasteiger partial charge on any atom is -0.331 e. The van der Waals surface area contributed by atoms with E-state index in [1.807, 2.05) is 49.1 Å². The molecule has 4 rings (SSSR count). The number of aryl methyl sites for hydroxylation is 3. The fourth-order valence-corrected chi connectivity index (χ4v) is 5.27. The largest absolute Gasteiger partial charge is 0.331 e. The van der Waals surface area contributed by atoms with Crippen LogP contribution in [0.1, 0.15) is 77.8 Å². The highest BCUT2D eigenvalue weighted by Crippen LogP contribution is 2.39. The van der Waals surface area contributed by atoms with Crippen molar-refractivity contribution >= 4 is 17.5 Å². The SMILES string of the molecule is Cc1ccc([C@H]2C(C(=O)Nc3cccc(C(C)(C)C)c3)CCCN2C(=O)c2c(C)cccc2C)cc1. The maximum absolute atomic E-state index is 14.0. The second kappa shape index (κ2) is 10.3. The summed E-state index contributed by atoms with van der Waals surface area (Å²) in [6.45, 7) is 13.2. The van der Waals surface area contributed by atoms with Crippen LogP contribution >= 0.6 is 0 Å². The van der Waals surface area contributed by atoms with E-state index in [1.54, 1.807) is 0 Å².